The first-order valence-corrected chi connectivity index (χ1v) is 7.80. The summed E-state index contributed by atoms with van der Waals surface area (Å²) in [5.41, 5.74) is 0.532. The van der Waals surface area contributed by atoms with Gasteiger partial charge in [-0.15, -0.1) is 0 Å². The smallest absolute Gasteiger partial charge is 0.00481 e. The van der Waals surface area contributed by atoms with Crippen LogP contribution in [0, 0.1) is 11.3 Å². The molecule has 2 rings (SSSR count). The topological polar surface area (TPSA) is 18.5 Å². The van der Waals surface area contributed by atoms with Gasteiger partial charge in [0.05, 0.1) is 0 Å². The average Bonchev–Trinajstić information content (AvgIpc) is 2.96. The number of likely N-dealkylation sites (tertiary alicyclic amines) is 1. The van der Waals surface area contributed by atoms with E-state index in [4.69, 9.17) is 0 Å². The summed E-state index contributed by atoms with van der Waals surface area (Å²) in [6, 6.07) is 0. The van der Waals surface area contributed by atoms with E-state index in [1.54, 1.807) is 0 Å². The molecule has 0 aromatic heterocycles. The van der Waals surface area contributed by atoms with Crippen molar-refractivity contribution in [3.8, 4) is 0 Å². The van der Waals surface area contributed by atoms with Crippen molar-refractivity contribution in [2.45, 2.75) is 33.6 Å². The largest absolute Gasteiger partial charge is 0.316 e. The van der Waals surface area contributed by atoms with Crippen molar-refractivity contribution in [2.75, 3.05) is 52.4 Å². The Hall–Kier alpha value is -0.120. The van der Waals surface area contributed by atoms with Gasteiger partial charge in [-0.1, -0.05) is 20.8 Å². The SMILES string of the molecule is CCN(CC)CC1CCN(CC2(C)CCNC2)C1. The molecule has 2 fully saturated rings. The van der Waals surface area contributed by atoms with Crippen LogP contribution in [0.25, 0.3) is 0 Å². The maximum atomic E-state index is 3.51. The number of rotatable bonds is 6. The second-order valence-corrected chi connectivity index (χ2v) is 6.61. The maximum Gasteiger partial charge on any atom is 0.00481 e. The van der Waals surface area contributed by atoms with Gasteiger partial charge in [-0.3, -0.25) is 0 Å². The van der Waals surface area contributed by atoms with Crippen LogP contribution in [0.15, 0.2) is 0 Å². The molecule has 0 spiro atoms. The van der Waals surface area contributed by atoms with Crippen LogP contribution in [-0.2, 0) is 0 Å². The molecular formula is C15H31N3. The lowest BCUT2D eigenvalue weighted by Crippen LogP contribution is -2.37. The third-order valence-corrected chi connectivity index (χ3v) is 4.84. The van der Waals surface area contributed by atoms with E-state index in [0.29, 0.717) is 5.41 Å². The van der Waals surface area contributed by atoms with Crippen molar-refractivity contribution in [2.24, 2.45) is 11.3 Å². The molecular weight excluding hydrogens is 222 g/mol. The monoisotopic (exact) mass is 253 g/mol. The molecule has 0 aromatic rings. The molecule has 3 nitrogen and oxygen atoms in total. The first-order valence-electron chi connectivity index (χ1n) is 7.80. The van der Waals surface area contributed by atoms with Crippen LogP contribution in [0.3, 0.4) is 0 Å². The molecule has 2 unspecified atom stereocenters. The lowest BCUT2D eigenvalue weighted by molar-refractivity contribution is 0.193. The van der Waals surface area contributed by atoms with Gasteiger partial charge in [0, 0.05) is 26.2 Å². The highest BCUT2D eigenvalue weighted by molar-refractivity contribution is 4.89. The Balaban J connectivity index is 1.74. The molecule has 2 heterocycles. The van der Waals surface area contributed by atoms with Gasteiger partial charge in [0.1, 0.15) is 0 Å². The quantitative estimate of drug-likeness (QED) is 0.776. The van der Waals surface area contributed by atoms with Crippen LogP contribution in [0.5, 0.6) is 0 Å². The number of hydrogen-bond acceptors (Lipinski definition) is 3. The van der Waals surface area contributed by atoms with Gasteiger partial charge in [0.25, 0.3) is 0 Å². The zero-order valence-corrected chi connectivity index (χ0v) is 12.5. The van der Waals surface area contributed by atoms with Gasteiger partial charge in [-0.2, -0.15) is 0 Å². The van der Waals surface area contributed by atoms with E-state index in [9.17, 15) is 0 Å². The Bertz CT molecular complexity index is 244. The van der Waals surface area contributed by atoms with Gasteiger partial charge in [0.15, 0.2) is 0 Å². The Morgan fingerprint density at radius 3 is 2.72 bits per heavy atom. The summed E-state index contributed by atoms with van der Waals surface area (Å²) in [5.74, 6) is 0.905. The molecule has 0 amide bonds. The zero-order chi connectivity index (χ0) is 13.0. The Labute approximate surface area is 113 Å². The minimum atomic E-state index is 0.532. The molecule has 2 aliphatic heterocycles. The van der Waals surface area contributed by atoms with Crippen LogP contribution in [0.4, 0.5) is 0 Å². The van der Waals surface area contributed by atoms with E-state index in [0.717, 1.165) is 5.92 Å². The van der Waals surface area contributed by atoms with Crippen molar-refractivity contribution >= 4 is 0 Å². The molecule has 0 bridgehead atoms. The molecule has 3 heteroatoms. The summed E-state index contributed by atoms with van der Waals surface area (Å²) in [5, 5.41) is 3.51. The zero-order valence-electron chi connectivity index (χ0n) is 12.5. The first kappa shape index (κ1) is 14.3. The number of nitrogens with one attached hydrogen (secondary N) is 1. The summed E-state index contributed by atoms with van der Waals surface area (Å²) in [7, 11) is 0. The van der Waals surface area contributed by atoms with Crippen molar-refractivity contribution in [1.29, 1.82) is 0 Å². The molecule has 0 aliphatic carbocycles. The fraction of sp³-hybridized carbons (Fsp3) is 1.00. The summed E-state index contributed by atoms with van der Waals surface area (Å²) in [6.45, 7) is 17.1. The van der Waals surface area contributed by atoms with Crippen LogP contribution in [0.2, 0.25) is 0 Å². The van der Waals surface area contributed by atoms with Crippen molar-refractivity contribution in [3.63, 3.8) is 0 Å². The highest BCUT2D eigenvalue weighted by Crippen LogP contribution is 2.28. The molecule has 18 heavy (non-hydrogen) atoms. The number of nitrogens with zero attached hydrogens (tertiary/aromatic N) is 2. The highest BCUT2D eigenvalue weighted by Gasteiger charge is 2.33. The second kappa shape index (κ2) is 6.36. The third-order valence-electron chi connectivity index (χ3n) is 4.84. The van der Waals surface area contributed by atoms with Crippen molar-refractivity contribution < 1.29 is 0 Å². The normalized spacial score (nSPS) is 33.7. The first-order chi connectivity index (χ1) is 8.65. The lowest BCUT2D eigenvalue weighted by atomic mass is 9.89. The molecule has 2 aliphatic rings. The van der Waals surface area contributed by atoms with E-state index in [2.05, 4.69) is 35.9 Å². The number of hydrogen-bond donors (Lipinski definition) is 1. The minimum absolute atomic E-state index is 0.532. The minimum Gasteiger partial charge on any atom is -0.316 e. The second-order valence-electron chi connectivity index (χ2n) is 6.61. The molecule has 106 valence electrons. The third kappa shape index (κ3) is 3.69. The van der Waals surface area contributed by atoms with E-state index in [-0.39, 0.29) is 0 Å². The molecule has 0 radical (unpaired) electrons. The summed E-state index contributed by atoms with van der Waals surface area (Å²) < 4.78 is 0. The van der Waals surface area contributed by atoms with Gasteiger partial charge >= 0.3 is 0 Å². The summed E-state index contributed by atoms with van der Waals surface area (Å²) in [4.78, 5) is 5.29. The van der Waals surface area contributed by atoms with Gasteiger partial charge < -0.3 is 15.1 Å². The van der Waals surface area contributed by atoms with Gasteiger partial charge in [-0.05, 0) is 50.4 Å². The van der Waals surface area contributed by atoms with E-state index in [1.807, 2.05) is 0 Å². The summed E-state index contributed by atoms with van der Waals surface area (Å²) >= 11 is 0. The van der Waals surface area contributed by atoms with Crippen LogP contribution >= 0.6 is 0 Å². The lowest BCUT2D eigenvalue weighted by Gasteiger charge is -2.29. The Morgan fingerprint density at radius 1 is 1.33 bits per heavy atom. The average molecular weight is 253 g/mol. The molecule has 2 saturated heterocycles. The maximum absolute atomic E-state index is 3.51. The van der Waals surface area contributed by atoms with Gasteiger partial charge in [-0.25, -0.2) is 0 Å². The van der Waals surface area contributed by atoms with E-state index < -0.39 is 0 Å². The van der Waals surface area contributed by atoms with Gasteiger partial charge in [0.2, 0.25) is 0 Å². The fourth-order valence-electron chi connectivity index (χ4n) is 3.60. The van der Waals surface area contributed by atoms with Crippen LogP contribution < -0.4 is 5.32 Å². The molecule has 0 aromatic carbocycles. The molecule has 0 saturated carbocycles. The van der Waals surface area contributed by atoms with Crippen molar-refractivity contribution in [1.82, 2.24) is 15.1 Å². The van der Waals surface area contributed by atoms with E-state index >= 15 is 0 Å². The molecule has 2 atom stereocenters. The van der Waals surface area contributed by atoms with E-state index in [1.165, 1.54) is 65.2 Å². The van der Waals surface area contributed by atoms with Crippen molar-refractivity contribution in [3.05, 3.63) is 0 Å². The van der Waals surface area contributed by atoms with Crippen LogP contribution in [0.1, 0.15) is 33.6 Å². The molecule has 1 N–H and O–H groups in total. The Kier molecular flexibility index (Phi) is 5.05. The Morgan fingerprint density at radius 2 is 2.11 bits per heavy atom. The summed E-state index contributed by atoms with van der Waals surface area (Å²) in [6.07, 6.45) is 2.75. The highest BCUT2D eigenvalue weighted by atomic mass is 15.2. The fourth-order valence-corrected chi connectivity index (χ4v) is 3.60. The van der Waals surface area contributed by atoms with Crippen LogP contribution in [-0.4, -0.2) is 62.2 Å². The standard InChI is InChI=1S/C15H31N3/c1-4-17(5-2)10-14-6-9-18(11-14)13-15(3)7-8-16-12-15/h14,16H,4-13H2,1-3H3. The predicted octanol–water partition coefficient (Wildman–Crippen LogP) is 1.65. The predicted molar refractivity (Wildman–Crippen MR) is 77.9 cm³/mol.